The van der Waals surface area contributed by atoms with E-state index in [0.717, 1.165) is 22.2 Å². The second kappa shape index (κ2) is 10.6. The third kappa shape index (κ3) is 5.89. The molecular weight excluding hydrogens is 451 g/mol. The van der Waals surface area contributed by atoms with Gasteiger partial charge in [-0.15, -0.1) is 0 Å². The Morgan fingerprint density at radius 1 is 0.857 bits per heavy atom. The van der Waals surface area contributed by atoms with Crippen LogP contribution in [0.15, 0.2) is 67.0 Å². The van der Waals surface area contributed by atoms with Gasteiger partial charge in [0.15, 0.2) is 11.5 Å². The van der Waals surface area contributed by atoms with Crippen LogP contribution in [0.4, 0.5) is 15.8 Å². The summed E-state index contributed by atoms with van der Waals surface area (Å²) in [5, 5.41) is 6.13. The quantitative estimate of drug-likeness (QED) is 0.368. The number of fused-ring (bicyclic) bond motifs is 1. The van der Waals surface area contributed by atoms with Crippen molar-refractivity contribution in [3.8, 4) is 11.5 Å². The highest BCUT2D eigenvalue weighted by molar-refractivity contribution is 6.08. The molecule has 4 rings (SSSR count). The van der Waals surface area contributed by atoms with Crippen molar-refractivity contribution in [1.29, 1.82) is 0 Å². The average molecular weight is 474 g/mol. The van der Waals surface area contributed by atoms with Gasteiger partial charge in [-0.25, -0.2) is 4.39 Å². The number of amides is 2. The van der Waals surface area contributed by atoms with E-state index in [0.29, 0.717) is 29.3 Å². The Hall–Kier alpha value is -4.53. The fraction of sp³-hybridized carbons (Fsp3) is 0.154. The molecule has 0 unspecified atom stereocenters. The Morgan fingerprint density at radius 3 is 2.17 bits per heavy atom. The number of pyridine rings is 2. The van der Waals surface area contributed by atoms with Gasteiger partial charge in [-0.2, -0.15) is 0 Å². The van der Waals surface area contributed by atoms with E-state index in [1.807, 2.05) is 18.2 Å². The molecule has 0 atom stereocenters. The van der Waals surface area contributed by atoms with Crippen LogP contribution in [0.25, 0.3) is 10.9 Å². The Labute approximate surface area is 201 Å². The maximum Gasteiger partial charge on any atom is 0.233 e. The summed E-state index contributed by atoms with van der Waals surface area (Å²) in [6.45, 7) is 0. The van der Waals surface area contributed by atoms with E-state index >= 15 is 0 Å². The molecule has 0 aliphatic rings. The summed E-state index contributed by atoms with van der Waals surface area (Å²) in [6.07, 6.45) is 3.43. The molecule has 0 aliphatic carbocycles. The molecule has 0 fully saturated rings. The number of rotatable bonds is 8. The first kappa shape index (κ1) is 23.6. The van der Waals surface area contributed by atoms with Gasteiger partial charge in [-0.3, -0.25) is 19.6 Å². The number of anilines is 2. The first-order chi connectivity index (χ1) is 16.9. The summed E-state index contributed by atoms with van der Waals surface area (Å²) in [7, 11) is 3.16. The molecule has 35 heavy (non-hydrogen) atoms. The normalized spacial score (nSPS) is 10.6. The van der Waals surface area contributed by atoms with Gasteiger partial charge < -0.3 is 20.1 Å². The molecule has 0 spiro atoms. The minimum Gasteiger partial charge on any atom is -0.493 e. The molecule has 178 valence electrons. The van der Waals surface area contributed by atoms with Crippen LogP contribution in [0.3, 0.4) is 0 Å². The first-order valence-corrected chi connectivity index (χ1v) is 10.7. The van der Waals surface area contributed by atoms with Crippen molar-refractivity contribution in [3.63, 3.8) is 0 Å². The molecular formula is C26H23FN4O4. The number of hydrogen-bond donors (Lipinski definition) is 2. The van der Waals surface area contributed by atoms with Crippen LogP contribution in [0, 0.1) is 5.82 Å². The number of carbonyl (C=O) groups excluding carboxylic acids is 2. The van der Waals surface area contributed by atoms with Gasteiger partial charge in [0, 0.05) is 35.5 Å². The van der Waals surface area contributed by atoms with Crippen molar-refractivity contribution >= 4 is 34.1 Å². The van der Waals surface area contributed by atoms with E-state index in [1.54, 1.807) is 32.5 Å². The molecule has 2 aromatic heterocycles. The minimum absolute atomic E-state index is 0.382. The highest BCUT2D eigenvalue weighted by atomic mass is 19.1. The van der Waals surface area contributed by atoms with Gasteiger partial charge in [-0.05, 0) is 54.1 Å². The molecule has 2 amide bonds. The summed E-state index contributed by atoms with van der Waals surface area (Å²) in [6, 6.07) is 14.5. The summed E-state index contributed by atoms with van der Waals surface area (Å²) in [5.74, 6) is -0.178. The second-order valence-corrected chi connectivity index (χ2v) is 7.69. The Balaban J connectivity index is 1.39. The van der Waals surface area contributed by atoms with Crippen molar-refractivity contribution in [1.82, 2.24) is 9.97 Å². The summed E-state index contributed by atoms with van der Waals surface area (Å²) in [5.41, 5.74) is 3.47. The van der Waals surface area contributed by atoms with Crippen molar-refractivity contribution in [3.05, 3.63) is 84.1 Å². The SMILES string of the molecule is COc1cc2nccc(Cc3ccc(NC(=O)CC(=O)Nc4ccc(F)cc4)cn3)c2cc1OC. The number of nitrogens with one attached hydrogen (secondary N) is 2. The van der Waals surface area contributed by atoms with E-state index in [-0.39, 0.29) is 6.42 Å². The van der Waals surface area contributed by atoms with Crippen molar-refractivity contribution < 1.29 is 23.5 Å². The lowest BCUT2D eigenvalue weighted by Gasteiger charge is -2.11. The topological polar surface area (TPSA) is 102 Å². The third-order valence-electron chi connectivity index (χ3n) is 5.27. The summed E-state index contributed by atoms with van der Waals surface area (Å²) in [4.78, 5) is 33.1. The monoisotopic (exact) mass is 474 g/mol. The largest absolute Gasteiger partial charge is 0.493 e. The maximum atomic E-state index is 13.0. The van der Waals surface area contributed by atoms with E-state index in [9.17, 15) is 14.0 Å². The fourth-order valence-corrected chi connectivity index (χ4v) is 3.57. The van der Waals surface area contributed by atoms with Crippen molar-refractivity contribution in [2.75, 3.05) is 24.9 Å². The minimum atomic E-state index is -0.504. The Bertz CT molecular complexity index is 1360. The van der Waals surface area contributed by atoms with Crippen molar-refractivity contribution in [2.45, 2.75) is 12.8 Å². The average Bonchev–Trinajstić information content (AvgIpc) is 2.85. The second-order valence-electron chi connectivity index (χ2n) is 7.69. The van der Waals surface area contributed by atoms with E-state index in [1.165, 1.54) is 30.5 Å². The third-order valence-corrected chi connectivity index (χ3v) is 5.27. The predicted molar refractivity (Wildman–Crippen MR) is 130 cm³/mol. The molecule has 0 aliphatic heterocycles. The molecule has 4 aromatic rings. The van der Waals surface area contributed by atoms with Crippen LogP contribution in [-0.4, -0.2) is 36.0 Å². The van der Waals surface area contributed by atoms with E-state index < -0.39 is 17.6 Å². The van der Waals surface area contributed by atoms with Gasteiger partial charge in [0.2, 0.25) is 11.8 Å². The number of nitrogens with zero attached hydrogens (tertiary/aromatic N) is 2. The molecule has 0 radical (unpaired) electrons. The Morgan fingerprint density at radius 2 is 1.51 bits per heavy atom. The lowest BCUT2D eigenvalue weighted by atomic mass is 10.0. The zero-order chi connectivity index (χ0) is 24.8. The lowest BCUT2D eigenvalue weighted by Crippen LogP contribution is -2.21. The van der Waals surface area contributed by atoms with Crippen LogP contribution in [0.1, 0.15) is 17.7 Å². The predicted octanol–water partition coefficient (Wildman–Crippen LogP) is 4.34. The highest BCUT2D eigenvalue weighted by Gasteiger charge is 2.12. The number of methoxy groups -OCH3 is 2. The van der Waals surface area contributed by atoms with Crippen LogP contribution in [-0.2, 0) is 16.0 Å². The zero-order valence-electron chi connectivity index (χ0n) is 19.2. The highest BCUT2D eigenvalue weighted by Crippen LogP contribution is 2.33. The zero-order valence-corrected chi connectivity index (χ0v) is 19.2. The van der Waals surface area contributed by atoms with E-state index in [2.05, 4.69) is 20.6 Å². The lowest BCUT2D eigenvalue weighted by molar-refractivity contribution is -0.123. The molecule has 2 aromatic carbocycles. The van der Waals surface area contributed by atoms with Crippen LogP contribution in [0.2, 0.25) is 0 Å². The number of hydrogen-bond acceptors (Lipinski definition) is 6. The molecule has 0 saturated carbocycles. The molecule has 9 heteroatoms. The fourth-order valence-electron chi connectivity index (χ4n) is 3.57. The van der Waals surface area contributed by atoms with Gasteiger partial charge in [0.05, 0.1) is 31.6 Å². The van der Waals surface area contributed by atoms with E-state index in [4.69, 9.17) is 9.47 Å². The molecule has 0 bridgehead atoms. The number of halogens is 1. The van der Waals surface area contributed by atoms with Crippen molar-refractivity contribution in [2.24, 2.45) is 0 Å². The van der Waals surface area contributed by atoms with Gasteiger partial charge >= 0.3 is 0 Å². The number of aromatic nitrogens is 2. The summed E-state index contributed by atoms with van der Waals surface area (Å²) < 4.78 is 23.7. The van der Waals surface area contributed by atoms with Crippen LogP contribution < -0.4 is 20.1 Å². The summed E-state index contributed by atoms with van der Waals surface area (Å²) >= 11 is 0. The molecule has 2 heterocycles. The van der Waals surface area contributed by atoms with Gasteiger partial charge in [-0.1, -0.05) is 0 Å². The van der Waals surface area contributed by atoms with Crippen LogP contribution >= 0.6 is 0 Å². The maximum absolute atomic E-state index is 13.0. The molecule has 2 N–H and O–H groups in total. The smallest absolute Gasteiger partial charge is 0.233 e. The standard InChI is InChI=1S/C26H23FN4O4/c1-34-23-12-21-16(9-10-28-22(21)13-24(23)35-2)11-19-7-8-20(15-29-19)31-26(33)14-25(32)30-18-5-3-17(27)4-6-18/h3-10,12-13,15H,11,14H2,1-2H3,(H,30,32)(H,31,33). The van der Waals surface area contributed by atoms with Crippen LogP contribution in [0.5, 0.6) is 11.5 Å². The Kier molecular flexibility index (Phi) is 7.15. The molecule has 0 saturated heterocycles. The van der Waals surface area contributed by atoms with Gasteiger partial charge in [0.25, 0.3) is 0 Å². The number of ether oxygens (including phenoxy) is 2. The van der Waals surface area contributed by atoms with Gasteiger partial charge in [0.1, 0.15) is 12.2 Å². The number of carbonyl (C=O) groups is 2. The molecule has 8 nitrogen and oxygen atoms in total. The first-order valence-electron chi connectivity index (χ1n) is 10.7. The number of benzene rings is 2.